The van der Waals surface area contributed by atoms with Gasteiger partial charge in [0.25, 0.3) is 11.8 Å². The minimum absolute atomic E-state index is 0.0880. The molecular weight excluding hydrogens is 400 g/mol. The number of carbonyl (C=O) groups excluding carboxylic acids is 2. The summed E-state index contributed by atoms with van der Waals surface area (Å²) >= 11 is 0. The summed E-state index contributed by atoms with van der Waals surface area (Å²) in [6.07, 6.45) is 3.40. The van der Waals surface area contributed by atoms with Crippen LogP contribution in [0.25, 0.3) is 11.1 Å². The Hall–Kier alpha value is -3.54. The van der Waals surface area contributed by atoms with Crippen LogP contribution in [-0.4, -0.2) is 40.3 Å². The number of hydrogen-bond donors (Lipinski definition) is 1. The van der Waals surface area contributed by atoms with E-state index >= 15 is 0 Å². The summed E-state index contributed by atoms with van der Waals surface area (Å²) in [5.74, 6) is 0.706. The van der Waals surface area contributed by atoms with Crippen molar-refractivity contribution in [3.8, 4) is 11.1 Å². The van der Waals surface area contributed by atoms with Crippen molar-refractivity contribution in [2.45, 2.75) is 34.2 Å². The lowest BCUT2D eigenvalue weighted by Crippen LogP contribution is -2.31. The van der Waals surface area contributed by atoms with E-state index in [1.165, 1.54) is 0 Å². The highest BCUT2D eigenvalue weighted by atomic mass is 16.2. The Morgan fingerprint density at radius 1 is 0.969 bits per heavy atom. The molecule has 0 bridgehead atoms. The Morgan fingerprint density at radius 3 is 2.22 bits per heavy atom. The normalized spacial score (nSPS) is 10.8. The molecule has 0 aliphatic heterocycles. The molecule has 0 aliphatic carbocycles. The minimum atomic E-state index is -0.235. The van der Waals surface area contributed by atoms with E-state index in [4.69, 9.17) is 0 Å². The topological polar surface area (TPSA) is 75.2 Å². The molecule has 2 aromatic carbocycles. The Labute approximate surface area is 189 Å². The first kappa shape index (κ1) is 23.1. The van der Waals surface area contributed by atoms with Gasteiger partial charge in [-0.3, -0.25) is 9.59 Å². The highest BCUT2D eigenvalue weighted by Crippen LogP contribution is 2.27. The van der Waals surface area contributed by atoms with Crippen molar-refractivity contribution in [2.24, 2.45) is 5.92 Å². The third-order valence-electron chi connectivity index (χ3n) is 5.26. The van der Waals surface area contributed by atoms with Crippen LogP contribution < -0.4 is 5.32 Å². The summed E-state index contributed by atoms with van der Waals surface area (Å²) < 4.78 is 0. The van der Waals surface area contributed by atoms with Crippen LogP contribution in [0.4, 0.5) is 0 Å². The molecule has 0 aliphatic rings. The van der Waals surface area contributed by atoms with Crippen LogP contribution in [0.3, 0.4) is 0 Å². The highest BCUT2D eigenvalue weighted by Gasteiger charge is 2.21. The molecule has 0 radical (unpaired) electrons. The van der Waals surface area contributed by atoms with E-state index in [2.05, 4.69) is 29.1 Å². The van der Waals surface area contributed by atoms with Gasteiger partial charge < -0.3 is 10.2 Å². The summed E-state index contributed by atoms with van der Waals surface area (Å²) in [6, 6.07) is 13.5. The fourth-order valence-corrected chi connectivity index (χ4v) is 3.59. The van der Waals surface area contributed by atoms with Crippen molar-refractivity contribution < 1.29 is 9.59 Å². The van der Waals surface area contributed by atoms with Crippen molar-refractivity contribution in [1.82, 2.24) is 20.2 Å². The van der Waals surface area contributed by atoms with Crippen molar-refractivity contribution >= 4 is 11.8 Å². The van der Waals surface area contributed by atoms with Gasteiger partial charge >= 0.3 is 0 Å². The molecule has 6 nitrogen and oxygen atoms in total. The van der Waals surface area contributed by atoms with Gasteiger partial charge in [0.2, 0.25) is 0 Å². The van der Waals surface area contributed by atoms with Crippen LogP contribution in [-0.2, 0) is 6.54 Å². The van der Waals surface area contributed by atoms with Crippen molar-refractivity contribution in [3.05, 3.63) is 82.9 Å². The first-order chi connectivity index (χ1) is 15.3. The average Bonchev–Trinajstić information content (AvgIpc) is 2.78. The monoisotopic (exact) mass is 430 g/mol. The number of hydrogen-bond acceptors (Lipinski definition) is 4. The van der Waals surface area contributed by atoms with E-state index in [-0.39, 0.29) is 11.8 Å². The number of amides is 2. The lowest BCUT2D eigenvalue weighted by molar-refractivity contribution is 0.0778. The smallest absolute Gasteiger partial charge is 0.253 e. The van der Waals surface area contributed by atoms with Gasteiger partial charge in [0, 0.05) is 49.2 Å². The highest BCUT2D eigenvalue weighted by molar-refractivity contribution is 6.03. The molecule has 0 atom stereocenters. The number of aromatic nitrogens is 2. The van der Waals surface area contributed by atoms with Crippen LogP contribution in [0.1, 0.15) is 51.5 Å². The summed E-state index contributed by atoms with van der Waals surface area (Å²) in [7, 11) is 1.80. The second kappa shape index (κ2) is 10.2. The molecule has 0 saturated carbocycles. The van der Waals surface area contributed by atoms with Gasteiger partial charge in [0.1, 0.15) is 5.82 Å². The number of rotatable bonds is 7. The first-order valence-corrected chi connectivity index (χ1v) is 10.8. The fraction of sp³-hybridized carbons (Fsp3) is 0.308. The predicted octanol–water partition coefficient (Wildman–Crippen LogP) is 4.42. The SMILES string of the molecule is Cc1ncc(CNC(=O)c2cc(-c3ccccc3)cc(C(=O)N(C)CC(C)C)c2C)cn1. The zero-order chi connectivity index (χ0) is 23.3. The fourth-order valence-electron chi connectivity index (χ4n) is 3.59. The van der Waals surface area contributed by atoms with Crippen LogP contribution >= 0.6 is 0 Å². The van der Waals surface area contributed by atoms with Crippen molar-refractivity contribution in [2.75, 3.05) is 13.6 Å². The maximum absolute atomic E-state index is 13.2. The largest absolute Gasteiger partial charge is 0.348 e. The van der Waals surface area contributed by atoms with Gasteiger partial charge in [0.15, 0.2) is 0 Å². The van der Waals surface area contributed by atoms with Crippen molar-refractivity contribution in [3.63, 3.8) is 0 Å². The molecule has 32 heavy (non-hydrogen) atoms. The molecule has 1 aromatic heterocycles. The van der Waals surface area contributed by atoms with Crippen LogP contribution in [0.2, 0.25) is 0 Å². The lowest BCUT2D eigenvalue weighted by Gasteiger charge is -2.22. The molecule has 166 valence electrons. The summed E-state index contributed by atoms with van der Waals surface area (Å²) in [4.78, 5) is 36.4. The molecule has 3 rings (SSSR count). The van der Waals surface area contributed by atoms with E-state index < -0.39 is 0 Å². The van der Waals surface area contributed by atoms with Crippen LogP contribution in [0.5, 0.6) is 0 Å². The Morgan fingerprint density at radius 2 is 1.59 bits per heavy atom. The lowest BCUT2D eigenvalue weighted by atomic mass is 9.93. The number of carbonyl (C=O) groups is 2. The van der Waals surface area contributed by atoms with Gasteiger partial charge in [0.05, 0.1) is 0 Å². The Balaban J connectivity index is 1.97. The summed E-state index contributed by atoms with van der Waals surface area (Å²) in [6.45, 7) is 8.74. The number of aryl methyl sites for hydroxylation is 1. The van der Waals surface area contributed by atoms with Gasteiger partial charge in [-0.15, -0.1) is 0 Å². The van der Waals surface area contributed by atoms with Gasteiger partial charge in [-0.25, -0.2) is 9.97 Å². The zero-order valence-electron chi connectivity index (χ0n) is 19.3. The molecule has 1 heterocycles. The van der Waals surface area contributed by atoms with E-state index in [1.807, 2.05) is 56.3 Å². The average molecular weight is 431 g/mol. The van der Waals surface area contributed by atoms with E-state index in [9.17, 15) is 9.59 Å². The number of nitrogens with zero attached hydrogens (tertiary/aromatic N) is 3. The molecule has 6 heteroatoms. The van der Waals surface area contributed by atoms with E-state index in [1.54, 1.807) is 24.3 Å². The summed E-state index contributed by atoms with van der Waals surface area (Å²) in [5, 5.41) is 2.94. The quantitative estimate of drug-likeness (QED) is 0.602. The first-order valence-electron chi connectivity index (χ1n) is 10.8. The minimum Gasteiger partial charge on any atom is -0.348 e. The molecule has 0 fully saturated rings. The third-order valence-corrected chi connectivity index (χ3v) is 5.26. The Kier molecular flexibility index (Phi) is 7.36. The van der Waals surface area contributed by atoms with Gasteiger partial charge in [-0.2, -0.15) is 0 Å². The summed E-state index contributed by atoms with van der Waals surface area (Å²) in [5.41, 5.74) is 4.30. The second-order valence-corrected chi connectivity index (χ2v) is 8.46. The molecule has 0 unspecified atom stereocenters. The maximum Gasteiger partial charge on any atom is 0.253 e. The van der Waals surface area contributed by atoms with Crippen LogP contribution in [0, 0.1) is 19.8 Å². The number of benzene rings is 2. The molecule has 2 amide bonds. The molecular formula is C26H30N4O2. The van der Waals surface area contributed by atoms with Gasteiger partial charge in [-0.05, 0) is 48.6 Å². The Bertz CT molecular complexity index is 1090. The van der Waals surface area contributed by atoms with E-state index in [0.717, 1.165) is 16.7 Å². The predicted molar refractivity (Wildman–Crippen MR) is 126 cm³/mol. The number of nitrogens with one attached hydrogen (secondary N) is 1. The molecule has 0 spiro atoms. The molecule has 0 saturated heterocycles. The standard InChI is InChI=1S/C26H30N4O2/c1-17(2)16-30(5)26(32)24-12-22(21-9-7-6-8-10-21)11-23(18(24)3)25(31)29-15-20-13-27-19(4)28-14-20/h6-14,17H,15-16H2,1-5H3,(H,29,31). The third kappa shape index (κ3) is 5.58. The van der Waals surface area contributed by atoms with E-state index in [0.29, 0.717) is 41.5 Å². The molecule has 3 aromatic rings. The zero-order valence-corrected chi connectivity index (χ0v) is 19.3. The molecule has 1 N–H and O–H groups in total. The van der Waals surface area contributed by atoms with Gasteiger partial charge in [-0.1, -0.05) is 44.2 Å². The van der Waals surface area contributed by atoms with Crippen LogP contribution in [0.15, 0.2) is 54.9 Å². The van der Waals surface area contributed by atoms with Crippen molar-refractivity contribution in [1.29, 1.82) is 0 Å². The maximum atomic E-state index is 13.2. The second-order valence-electron chi connectivity index (χ2n) is 8.46.